The Balaban J connectivity index is 2.46. The highest BCUT2D eigenvalue weighted by atomic mass is 32.1. The van der Waals surface area contributed by atoms with Gasteiger partial charge < -0.3 is 4.74 Å². The summed E-state index contributed by atoms with van der Waals surface area (Å²) in [6, 6.07) is 1.79. The molecule has 124 valence electrons. The van der Waals surface area contributed by atoms with Crippen LogP contribution in [0.3, 0.4) is 0 Å². The Morgan fingerprint density at radius 1 is 1.18 bits per heavy atom. The van der Waals surface area contributed by atoms with Gasteiger partial charge in [-0.15, -0.1) is 0 Å². The van der Waals surface area contributed by atoms with Gasteiger partial charge >= 0.3 is 0 Å². The molecule has 0 spiro atoms. The highest BCUT2D eigenvalue weighted by molar-refractivity contribution is 7.81. The summed E-state index contributed by atoms with van der Waals surface area (Å²) in [6.45, 7) is 9.86. The first kappa shape index (κ1) is 17.6. The number of hydrogen-bond acceptors (Lipinski definition) is 2. The quantitative estimate of drug-likeness (QED) is 0.724. The van der Waals surface area contributed by atoms with Crippen molar-refractivity contribution in [2.24, 2.45) is 0 Å². The molecule has 2 rings (SSSR count). The van der Waals surface area contributed by atoms with E-state index in [2.05, 4.69) is 12.6 Å². The topological polar surface area (TPSA) is 9.23 Å². The van der Waals surface area contributed by atoms with Crippen molar-refractivity contribution < 1.29 is 13.5 Å². The van der Waals surface area contributed by atoms with Gasteiger partial charge in [-0.05, 0) is 55.2 Å². The van der Waals surface area contributed by atoms with Crippen LogP contribution in [0.15, 0.2) is 6.07 Å². The van der Waals surface area contributed by atoms with E-state index < -0.39 is 17.0 Å². The van der Waals surface area contributed by atoms with Crippen molar-refractivity contribution in [3.05, 3.63) is 28.8 Å². The first-order valence-corrected chi connectivity index (χ1v) is 8.49. The number of fused-ring (bicyclic) bond motifs is 1. The summed E-state index contributed by atoms with van der Waals surface area (Å²) < 4.78 is 34.5. The molecule has 0 radical (unpaired) electrons. The maximum atomic E-state index is 14.6. The van der Waals surface area contributed by atoms with Gasteiger partial charge in [0.15, 0.2) is 11.6 Å². The van der Waals surface area contributed by atoms with E-state index in [0.29, 0.717) is 12.0 Å². The highest BCUT2D eigenvalue weighted by Crippen LogP contribution is 2.41. The number of halogens is 2. The van der Waals surface area contributed by atoms with Gasteiger partial charge in [0.1, 0.15) is 6.10 Å². The van der Waals surface area contributed by atoms with Crippen molar-refractivity contribution in [2.75, 3.05) is 0 Å². The van der Waals surface area contributed by atoms with Gasteiger partial charge in [-0.2, -0.15) is 17.0 Å². The zero-order valence-corrected chi connectivity index (χ0v) is 15.0. The Morgan fingerprint density at radius 3 is 2.36 bits per heavy atom. The smallest absolute Gasteiger partial charge is 0.201 e. The summed E-state index contributed by atoms with van der Waals surface area (Å²) in [5, 5.41) is 0. The van der Waals surface area contributed by atoms with Gasteiger partial charge in [0.05, 0.1) is 0 Å². The van der Waals surface area contributed by atoms with Crippen LogP contribution in [0, 0.1) is 11.6 Å². The lowest BCUT2D eigenvalue weighted by Crippen LogP contribution is -2.41. The van der Waals surface area contributed by atoms with Gasteiger partial charge in [0.2, 0.25) is 5.82 Å². The monoisotopic (exact) mass is 328 g/mol. The molecule has 22 heavy (non-hydrogen) atoms. The molecule has 0 aromatic heterocycles. The molecule has 0 bridgehead atoms. The maximum absolute atomic E-state index is 14.6. The summed E-state index contributed by atoms with van der Waals surface area (Å²) in [5.41, 5.74) is 0.822. The van der Waals surface area contributed by atoms with Crippen molar-refractivity contribution in [1.29, 1.82) is 0 Å². The summed E-state index contributed by atoms with van der Waals surface area (Å²) in [4.78, 5) is 0. The minimum atomic E-state index is -0.848. The summed E-state index contributed by atoms with van der Waals surface area (Å²) in [7, 11) is 0. The van der Waals surface area contributed by atoms with Gasteiger partial charge in [-0.1, -0.05) is 27.7 Å². The molecule has 1 aliphatic heterocycles. The summed E-state index contributed by atoms with van der Waals surface area (Å²) >= 11 is 4.62. The lowest BCUT2D eigenvalue weighted by Gasteiger charge is -2.37. The van der Waals surface area contributed by atoms with Crippen LogP contribution in [-0.2, 0) is 11.8 Å². The van der Waals surface area contributed by atoms with Crippen LogP contribution in [0.4, 0.5) is 8.78 Å². The van der Waals surface area contributed by atoms with Crippen LogP contribution in [-0.4, -0.2) is 10.9 Å². The third kappa shape index (κ3) is 2.99. The molecule has 1 aliphatic rings. The van der Waals surface area contributed by atoms with Crippen molar-refractivity contribution in [3.8, 4) is 5.75 Å². The molecule has 0 N–H and O–H groups in total. The Labute approximate surface area is 137 Å². The minimum Gasteiger partial charge on any atom is -0.486 e. The molecule has 0 amide bonds. The standard InChI is InChI=1S/C18H26F2OS/c1-6-17(3,4)12-10-11-8-9-13(18(5,22)7-2)21-16(11)15(20)14(12)19/h10,13,22H,6-9H2,1-5H3. The van der Waals surface area contributed by atoms with E-state index in [0.717, 1.165) is 24.8 Å². The van der Waals surface area contributed by atoms with Crippen molar-refractivity contribution in [3.63, 3.8) is 0 Å². The second-order valence-electron chi connectivity index (χ2n) is 7.13. The lowest BCUT2D eigenvalue weighted by molar-refractivity contribution is 0.126. The molecular weight excluding hydrogens is 302 g/mol. The molecule has 4 heteroatoms. The fourth-order valence-corrected chi connectivity index (χ4v) is 2.99. The molecule has 1 aromatic rings. The van der Waals surface area contributed by atoms with Gasteiger partial charge in [0.25, 0.3) is 0 Å². The summed E-state index contributed by atoms with van der Waals surface area (Å²) in [5.74, 6) is -1.54. The van der Waals surface area contributed by atoms with E-state index >= 15 is 0 Å². The second kappa shape index (κ2) is 6.03. The minimum absolute atomic E-state index is 0.0816. The first-order chi connectivity index (χ1) is 10.1. The van der Waals surface area contributed by atoms with Crippen LogP contribution in [0.2, 0.25) is 0 Å². The average molecular weight is 328 g/mol. The Kier molecular flexibility index (Phi) is 4.82. The molecule has 2 unspecified atom stereocenters. The van der Waals surface area contributed by atoms with E-state index in [1.165, 1.54) is 0 Å². The van der Waals surface area contributed by atoms with E-state index in [1.54, 1.807) is 6.07 Å². The number of thiol groups is 1. The predicted octanol–water partition coefficient (Wildman–Crippen LogP) is 5.44. The predicted molar refractivity (Wildman–Crippen MR) is 90.1 cm³/mol. The van der Waals surface area contributed by atoms with Gasteiger partial charge in [0, 0.05) is 4.75 Å². The molecule has 1 nitrogen and oxygen atoms in total. The van der Waals surface area contributed by atoms with Crippen molar-refractivity contribution in [1.82, 2.24) is 0 Å². The zero-order valence-electron chi connectivity index (χ0n) is 14.1. The molecule has 2 atom stereocenters. The van der Waals surface area contributed by atoms with Gasteiger partial charge in [-0.3, -0.25) is 0 Å². The largest absolute Gasteiger partial charge is 0.486 e. The molecule has 1 heterocycles. The second-order valence-corrected chi connectivity index (χ2v) is 8.16. The fraction of sp³-hybridized carbons (Fsp3) is 0.667. The Morgan fingerprint density at radius 2 is 1.82 bits per heavy atom. The van der Waals surface area contributed by atoms with Crippen LogP contribution in [0.5, 0.6) is 5.75 Å². The maximum Gasteiger partial charge on any atom is 0.201 e. The zero-order chi connectivity index (χ0) is 16.7. The van der Waals surface area contributed by atoms with Crippen LogP contribution >= 0.6 is 12.6 Å². The normalized spacial score (nSPS) is 21.0. The molecule has 0 fully saturated rings. The molecule has 1 aromatic carbocycles. The van der Waals surface area contributed by atoms with Crippen LogP contribution in [0.1, 0.15) is 65.0 Å². The molecule has 0 saturated heterocycles. The third-order valence-electron chi connectivity index (χ3n) is 5.20. The van der Waals surface area contributed by atoms with E-state index in [4.69, 9.17) is 4.74 Å². The number of benzene rings is 1. The van der Waals surface area contributed by atoms with E-state index in [9.17, 15) is 8.78 Å². The third-order valence-corrected chi connectivity index (χ3v) is 5.80. The first-order valence-electron chi connectivity index (χ1n) is 8.04. The number of ether oxygens (including phenoxy) is 1. The fourth-order valence-electron chi connectivity index (χ4n) is 2.81. The van der Waals surface area contributed by atoms with Crippen LogP contribution < -0.4 is 4.74 Å². The average Bonchev–Trinajstić information content (AvgIpc) is 2.50. The number of hydrogen-bond donors (Lipinski definition) is 1. The number of rotatable bonds is 4. The molecule has 0 saturated carbocycles. The van der Waals surface area contributed by atoms with Gasteiger partial charge in [-0.25, -0.2) is 4.39 Å². The van der Waals surface area contributed by atoms with Crippen LogP contribution in [0.25, 0.3) is 0 Å². The number of aryl methyl sites for hydroxylation is 1. The molecular formula is C18H26F2OS. The van der Waals surface area contributed by atoms with E-state index in [-0.39, 0.29) is 16.6 Å². The highest BCUT2D eigenvalue weighted by Gasteiger charge is 2.37. The van der Waals surface area contributed by atoms with E-state index in [1.807, 2.05) is 34.6 Å². The van der Waals surface area contributed by atoms with Crippen molar-refractivity contribution >= 4 is 12.6 Å². The Hall–Kier alpha value is -0.770. The van der Waals surface area contributed by atoms with Crippen molar-refractivity contribution in [2.45, 2.75) is 76.6 Å². The SMILES string of the molecule is CCC(C)(C)c1cc2c(c(F)c1F)OC(C(C)(S)CC)CC2. The lowest BCUT2D eigenvalue weighted by atomic mass is 9.80. The summed E-state index contributed by atoms with van der Waals surface area (Å²) in [6.07, 6.45) is 2.82. The molecule has 0 aliphatic carbocycles. The Bertz CT molecular complexity index is 567.